The van der Waals surface area contributed by atoms with Crippen molar-refractivity contribution in [3.63, 3.8) is 0 Å². The molecule has 0 radical (unpaired) electrons. The van der Waals surface area contributed by atoms with Gasteiger partial charge in [-0.25, -0.2) is 0 Å². The maximum Gasteiger partial charge on any atom is 0.306 e. The molecule has 0 spiro atoms. The Labute approximate surface area is 95.8 Å². The molecule has 0 atom stereocenters. The first-order valence-corrected chi connectivity index (χ1v) is 5.67. The molecular weight excluding hydrogens is 208 g/mol. The van der Waals surface area contributed by atoms with Gasteiger partial charge in [-0.1, -0.05) is 0 Å². The van der Waals surface area contributed by atoms with E-state index in [0.717, 1.165) is 12.8 Å². The quantitative estimate of drug-likeness (QED) is 0.726. The van der Waals surface area contributed by atoms with Gasteiger partial charge in [0.2, 0.25) is 5.91 Å². The lowest BCUT2D eigenvalue weighted by atomic mass is 9.86. The lowest BCUT2D eigenvalue weighted by Gasteiger charge is -2.27. The molecule has 0 aliphatic heterocycles. The van der Waals surface area contributed by atoms with Crippen molar-refractivity contribution in [2.45, 2.75) is 31.7 Å². The van der Waals surface area contributed by atoms with Crippen LogP contribution in [0.2, 0.25) is 0 Å². The van der Waals surface area contributed by atoms with Crippen molar-refractivity contribution in [1.29, 1.82) is 0 Å². The van der Waals surface area contributed by atoms with Gasteiger partial charge in [0.15, 0.2) is 0 Å². The zero-order chi connectivity index (χ0) is 12.1. The summed E-state index contributed by atoms with van der Waals surface area (Å²) in [4.78, 5) is 23.6. The van der Waals surface area contributed by atoms with Gasteiger partial charge in [0.05, 0.1) is 12.5 Å². The van der Waals surface area contributed by atoms with Crippen molar-refractivity contribution in [3.8, 4) is 0 Å². The van der Waals surface area contributed by atoms with E-state index in [0.29, 0.717) is 25.4 Å². The average molecular weight is 228 g/mol. The lowest BCUT2D eigenvalue weighted by molar-refractivity contribution is -0.143. The summed E-state index contributed by atoms with van der Waals surface area (Å²) in [5.41, 5.74) is 0. The number of nitrogens with one attached hydrogen (secondary N) is 1. The molecule has 16 heavy (non-hydrogen) atoms. The van der Waals surface area contributed by atoms with E-state index >= 15 is 0 Å². The van der Waals surface area contributed by atoms with Crippen molar-refractivity contribution in [3.05, 3.63) is 0 Å². The van der Waals surface area contributed by atoms with E-state index in [2.05, 4.69) is 5.32 Å². The van der Waals surface area contributed by atoms with Gasteiger partial charge in [-0.2, -0.15) is 0 Å². The van der Waals surface area contributed by atoms with E-state index in [9.17, 15) is 9.59 Å². The summed E-state index contributed by atoms with van der Waals surface area (Å²) in [6, 6.07) is 0.291. The van der Waals surface area contributed by atoms with Crippen LogP contribution in [0.25, 0.3) is 0 Å². The third-order valence-electron chi connectivity index (χ3n) is 3.12. The highest BCUT2D eigenvalue weighted by Gasteiger charge is 2.25. The van der Waals surface area contributed by atoms with E-state index in [4.69, 9.17) is 5.11 Å². The summed E-state index contributed by atoms with van der Waals surface area (Å²) < 4.78 is 0. The van der Waals surface area contributed by atoms with Crippen LogP contribution in [0.1, 0.15) is 25.7 Å². The van der Waals surface area contributed by atoms with Crippen LogP contribution in [0.15, 0.2) is 0 Å². The van der Waals surface area contributed by atoms with Crippen LogP contribution in [0.4, 0.5) is 0 Å². The van der Waals surface area contributed by atoms with E-state index < -0.39 is 5.97 Å². The largest absolute Gasteiger partial charge is 0.481 e. The van der Waals surface area contributed by atoms with Crippen LogP contribution in [-0.4, -0.2) is 48.6 Å². The number of aliphatic carboxylic acids is 1. The van der Waals surface area contributed by atoms with Crippen LogP contribution < -0.4 is 5.32 Å². The number of amides is 1. The number of carbonyl (C=O) groups is 2. The molecule has 1 rings (SSSR count). The first-order valence-electron chi connectivity index (χ1n) is 5.67. The Morgan fingerprint density at radius 1 is 1.25 bits per heavy atom. The van der Waals surface area contributed by atoms with E-state index in [1.54, 1.807) is 19.0 Å². The molecule has 0 bridgehead atoms. The number of hydrogen-bond donors (Lipinski definition) is 2. The first kappa shape index (κ1) is 13.0. The van der Waals surface area contributed by atoms with Gasteiger partial charge < -0.3 is 15.3 Å². The summed E-state index contributed by atoms with van der Waals surface area (Å²) in [6.45, 7) is 0.343. The minimum atomic E-state index is -0.692. The second-order valence-electron chi connectivity index (χ2n) is 4.56. The summed E-state index contributed by atoms with van der Waals surface area (Å²) >= 11 is 0. The number of likely N-dealkylation sites (N-methyl/N-ethyl adjacent to an activating group) is 1. The van der Waals surface area contributed by atoms with Gasteiger partial charge in [0.1, 0.15) is 0 Å². The first-order chi connectivity index (χ1) is 7.50. The molecule has 0 aromatic rings. The van der Waals surface area contributed by atoms with Gasteiger partial charge in [0.25, 0.3) is 0 Å². The molecule has 0 heterocycles. The topological polar surface area (TPSA) is 69.6 Å². The number of carbonyl (C=O) groups excluding carboxylic acids is 1. The molecule has 0 saturated heterocycles. The van der Waals surface area contributed by atoms with Crippen molar-refractivity contribution >= 4 is 11.9 Å². The van der Waals surface area contributed by atoms with Gasteiger partial charge in [0, 0.05) is 20.1 Å². The zero-order valence-corrected chi connectivity index (χ0v) is 9.90. The molecule has 5 heteroatoms. The number of nitrogens with zero attached hydrogens (tertiary/aromatic N) is 1. The molecule has 1 aliphatic rings. The monoisotopic (exact) mass is 228 g/mol. The van der Waals surface area contributed by atoms with E-state index in [1.807, 2.05) is 0 Å². The fourth-order valence-corrected chi connectivity index (χ4v) is 1.93. The number of rotatable bonds is 4. The van der Waals surface area contributed by atoms with Crippen LogP contribution >= 0.6 is 0 Å². The summed E-state index contributed by atoms with van der Waals surface area (Å²) in [6.07, 6.45) is 3.11. The van der Waals surface area contributed by atoms with Crippen molar-refractivity contribution in [2.24, 2.45) is 5.92 Å². The summed E-state index contributed by atoms with van der Waals surface area (Å²) in [5, 5.41) is 12.0. The Hall–Kier alpha value is -1.10. The maximum absolute atomic E-state index is 11.3. The molecule has 1 fully saturated rings. The minimum Gasteiger partial charge on any atom is -0.481 e. The molecule has 1 saturated carbocycles. The van der Waals surface area contributed by atoms with Gasteiger partial charge in [-0.3, -0.25) is 9.59 Å². The third kappa shape index (κ3) is 3.81. The molecular formula is C11H20N2O3. The number of carboxylic acid groups (broad SMARTS) is 1. The Morgan fingerprint density at radius 2 is 1.81 bits per heavy atom. The van der Waals surface area contributed by atoms with Crippen LogP contribution in [0.3, 0.4) is 0 Å². The molecule has 92 valence electrons. The lowest BCUT2D eigenvalue weighted by Crippen LogP contribution is -2.41. The molecule has 1 amide bonds. The fraction of sp³-hybridized carbons (Fsp3) is 0.818. The predicted octanol–water partition coefficient (Wildman–Crippen LogP) is 0.308. The van der Waals surface area contributed by atoms with Crippen molar-refractivity contribution in [2.75, 3.05) is 20.6 Å². The van der Waals surface area contributed by atoms with E-state index in [1.165, 1.54) is 0 Å². The molecule has 5 nitrogen and oxygen atoms in total. The molecule has 0 aromatic carbocycles. The standard InChI is InChI=1S/C11H20N2O3/c1-13(2)10(14)7-12-9-5-3-8(4-6-9)11(15)16/h8-9,12H,3-7H2,1-2H3,(H,15,16). The highest BCUT2D eigenvalue weighted by atomic mass is 16.4. The molecule has 0 unspecified atom stereocenters. The molecule has 0 aromatic heterocycles. The highest BCUT2D eigenvalue weighted by Crippen LogP contribution is 2.24. The third-order valence-corrected chi connectivity index (χ3v) is 3.12. The molecule has 2 N–H and O–H groups in total. The zero-order valence-electron chi connectivity index (χ0n) is 9.90. The summed E-state index contributed by atoms with van der Waals surface area (Å²) in [7, 11) is 3.46. The number of carboxylic acids is 1. The SMILES string of the molecule is CN(C)C(=O)CNC1CCC(C(=O)O)CC1. The Morgan fingerprint density at radius 3 is 2.25 bits per heavy atom. The van der Waals surface area contributed by atoms with Crippen LogP contribution in [0.5, 0.6) is 0 Å². The normalized spacial score (nSPS) is 25.1. The Bertz CT molecular complexity index is 258. The minimum absolute atomic E-state index is 0.0559. The second-order valence-corrected chi connectivity index (χ2v) is 4.56. The Kier molecular flexibility index (Phi) is 4.73. The Balaban J connectivity index is 2.22. The maximum atomic E-state index is 11.3. The van der Waals surface area contributed by atoms with Gasteiger partial charge >= 0.3 is 5.97 Å². The van der Waals surface area contributed by atoms with Gasteiger partial charge in [-0.15, -0.1) is 0 Å². The number of hydrogen-bond acceptors (Lipinski definition) is 3. The predicted molar refractivity (Wildman–Crippen MR) is 60.1 cm³/mol. The van der Waals surface area contributed by atoms with Crippen LogP contribution in [-0.2, 0) is 9.59 Å². The summed E-state index contributed by atoms with van der Waals surface area (Å²) in [5.74, 6) is -0.828. The smallest absolute Gasteiger partial charge is 0.306 e. The fourth-order valence-electron chi connectivity index (χ4n) is 1.93. The molecule has 1 aliphatic carbocycles. The van der Waals surface area contributed by atoms with E-state index in [-0.39, 0.29) is 11.8 Å². The second kappa shape index (κ2) is 5.84. The average Bonchev–Trinajstić information content (AvgIpc) is 2.26. The van der Waals surface area contributed by atoms with Crippen LogP contribution in [0, 0.1) is 5.92 Å². The van der Waals surface area contributed by atoms with Gasteiger partial charge in [-0.05, 0) is 25.7 Å². The highest BCUT2D eigenvalue weighted by molar-refractivity contribution is 5.77. The van der Waals surface area contributed by atoms with Crippen molar-refractivity contribution < 1.29 is 14.7 Å². The van der Waals surface area contributed by atoms with Crippen molar-refractivity contribution in [1.82, 2.24) is 10.2 Å².